The summed E-state index contributed by atoms with van der Waals surface area (Å²) < 4.78 is 18.6. The fraction of sp³-hybridized carbons (Fsp3) is 0.0909. The van der Waals surface area contributed by atoms with Crippen LogP contribution in [0.5, 0.6) is 11.8 Å². The molecule has 0 aliphatic heterocycles. The van der Waals surface area contributed by atoms with E-state index in [0.717, 1.165) is 0 Å². The van der Waals surface area contributed by atoms with Gasteiger partial charge in [0.25, 0.3) is 0 Å². The number of hydrogen-bond acceptors (Lipinski definition) is 4. The second-order valence-corrected chi connectivity index (χ2v) is 3.59. The molecule has 0 unspecified atom stereocenters. The van der Waals surface area contributed by atoms with Crippen LogP contribution in [0.15, 0.2) is 30.6 Å². The molecule has 0 fully saturated rings. The van der Waals surface area contributed by atoms with Gasteiger partial charge in [-0.2, -0.15) is 0 Å². The van der Waals surface area contributed by atoms with Crippen molar-refractivity contribution >= 4 is 11.6 Å². The van der Waals surface area contributed by atoms with Crippen molar-refractivity contribution in [3.8, 4) is 11.8 Å². The molecule has 0 aliphatic carbocycles. The monoisotopic (exact) mass is 254 g/mol. The van der Waals surface area contributed by atoms with Crippen molar-refractivity contribution in [1.29, 1.82) is 0 Å². The molecule has 4 nitrogen and oxygen atoms in total. The third kappa shape index (κ3) is 2.69. The summed E-state index contributed by atoms with van der Waals surface area (Å²) in [4.78, 5) is 7.63. The molecule has 0 radical (unpaired) electrons. The van der Waals surface area contributed by atoms with Crippen LogP contribution < -0.4 is 4.74 Å². The lowest BCUT2D eigenvalue weighted by Gasteiger charge is -2.05. The first-order valence-corrected chi connectivity index (χ1v) is 5.12. The molecular weight excluding hydrogens is 247 g/mol. The maximum absolute atomic E-state index is 13.5. The van der Waals surface area contributed by atoms with E-state index >= 15 is 0 Å². The SMILES string of the molecule is OCc1cnc(Oc2cccc(Cl)c2F)nc1. The first kappa shape index (κ1) is 11.8. The van der Waals surface area contributed by atoms with Crippen molar-refractivity contribution in [2.24, 2.45) is 0 Å². The van der Waals surface area contributed by atoms with Crippen LogP contribution >= 0.6 is 11.6 Å². The smallest absolute Gasteiger partial charge is 0.321 e. The largest absolute Gasteiger partial charge is 0.421 e. The number of aliphatic hydroxyl groups is 1. The molecule has 0 saturated carbocycles. The summed E-state index contributed by atoms with van der Waals surface area (Å²) in [6.07, 6.45) is 2.79. The Bertz CT molecular complexity index is 519. The van der Waals surface area contributed by atoms with E-state index in [1.54, 1.807) is 6.07 Å². The maximum Gasteiger partial charge on any atom is 0.321 e. The van der Waals surface area contributed by atoms with Crippen molar-refractivity contribution in [3.05, 3.63) is 47.0 Å². The van der Waals surface area contributed by atoms with Gasteiger partial charge in [-0.3, -0.25) is 0 Å². The first-order chi connectivity index (χ1) is 8.20. The minimum Gasteiger partial charge on any atom is -0.421 e. The molecule has 1 N–H and O–H groups in total. The van der Waals surface area contributed by atoms with Crippen molar-refractivity contribution in [2.45, 2.75) is 6.61 Å². The van der Waals surface area contributed by atoms with Crippen LogP contribution in [0.4, 0.5) is 4.39 Å². The molecular formula is C11H8ClFN2O2. The Hall–Kier alpha value is -1.72. The molecule has 1 heterocycles. The molecule has 0 aliphatic rings. The Kier molecular flexibility index (Phi) is 3.51. The average molecular weight is 255 g/mol. The summed E-state index contributed by atoms with van der Waals surface area (Å²) in [6, 6.07) is 4.38. The molecule has 2 rings (SSSR count). The predicted molar refractivity (Wildman–Crippen MR) is 59.4 cm³/mol. The summed E-state index contributed by atoms with van der Waals surface area (Å²) in [7, 11) is 0. The van der Waals surface area contributed by atoms with Gasteiger partial charge in [0.1, 0.15) is 0 Å². The molecule has 0 spiro atoms. The summed E-state index contributed by atoms with van der Waals surface area (Å²) in [5.74, 6) is -0.710. The molecule has 17 heavy (non-hydrogen) atoms. The normalized spacial score (nSPS) is 10.3. The molecule has 1 aromatic carbocycles. The van der Waals surface area contributed by atoms with Crippen molar-refractivity contribution in [1.82, 2.24) is 9.97 Å². The zero-order valence-corrected chi connectivity index (χ0v) is 9.36. The summed E-state index contributed by atoms with van der Waals surface area (Å²) >= 11 is 5.60. The van der Waals surface area contributed by atoms with Gasteiger partial charge >= 0.3 is 6.01 Å². The summed E-state index contributed by atoms with van der Waals surface area (Å²) in [5, 5.41) is 8.77. The van der Waals surface area contributed by atoms with E-state index in [2.05, 4.69) is 9.97 Å². The van der Waals surface area contributed by atoms with Gasteiger partial charge in [-0.1, -0.05) is 17.7 Å². The second kappa shape index (κ2) is 5.07. The van der Waals surface area contributed by atoms with Crippen LogP contribution in [-0.4, -0.2) is 15.1 Å². The van der Waals surface area contributed by atoms with Crippen molar-refractivity contribution in [2.75, 3.05) is 0 Å². The van der Waals surface area contributed by atoms with E-state index in [-0.39, 0.29) is 23.4 Å². The van der Waals surface area contributed by atoms with E-state index in [1.807, 2.05) is 0 Å². The van der Waals surface area contributed by atoms with Gasteiger partial charge < -0.3 is 9.84 Å². The van der Waals surface area contributed by atoms with Gasteiger partial charge in [0, 0.05) is 18.0 Å². The number of ether oxygens (including phenoxy) is 1. The van der Waals surface area contributed by atoms with Gasteiger partial charge in [0.05, 0.1) is 11.6 Å². The third-order valence-electron chi connectivity index (χ3n) is 1.98. The fourth-order valence-electron chi connectivity index (χ4n) is 1.14. The number of aliphatic hydroxyl groups excluding tert-OH is 1. The van der Waals surface area contributed by atoms with E-state index in [1.165, 1.54) is 24.5 Å². The quantitative estimate of drug-likeness (QED) is 0.915. The lowest BCUT2D eigenvalue weighted by molar-refractivity contribution is 0.280. The summed E-state index contributed by atoms with van der Waals surface area (Å²) in [5.41, 5.74) is 0.545. The highest BCUT2D eigenvalue weighted by molar-refractivity contribution is 6.30. The highest BCUT2D eigenvalue weighted by atomic mass is 35.5. The zero-order valence-electron chi connectivity index (χ0n) is 8.60. The molecule has 1 aromatic heterocycles. The topological polar surface area (TPSA) is 55.2 Å². The van der Waals surface area contributed by atoms with E-state index in [4.69, 9.17) is 21.4 Å². The number of aromatic nitrogens is 2. The number of rotatable bonds is 3. The maximum atomic E-state index is 13.5. The van der Waals surface area contributed by atoms with Gasteiger partial charge in [0.15, 0.2) is 11.6 Å². The number of hydrogen-bond donors (Lipinski definition) is 1. The Morgan fingerprint density at radius 1 is 1.29 bits per heavy atom. The van der Waals surface area contributed by atoms with Gasteiger partial charge in [0.2, 0.25) is 0 Å². The summed E-state index contributed by atoms with van der Waals surface area (Å²) in [6.45, 7) is -0.161. The highest BCUT2D eigenvalue weighted by Crippen LogP contribution is 2.26. The van der Waals surface area contributed by atoms with Crippen LogP contribution in [-0.2, 0) is 6.61 Å². The third-order valence-corrected chi connectivity index (χ3v) is 2.27. The Morgan fingerprint density at radius 3 is 2.65 bits per heavy atom. The minimum atomic E-state index is -0.663. The highest BCUT2D eigenvalue weighted by Gasteiger charge is 2.09. The molecule has 2 aromatic rings. The van der Waals surface area contributed by atoms with Gasteiger partial charge in [-0.05, 0) is 12.1 Å². The minimum absolute atomic E-state index is 0.0108. The van der Waals surface area contributed by atoms with E-state index < -0.39 is 5.82 Å². The number of halogens is 2. The molecule has 0 saturated heterocycles. The second-order valence-electron chi connectivity index (χ2n) is 3.19. The standard InChI is InChI=1S/C11H8ClFN2O2/c12-8-2-1-3-9(10(8)13)17-11-14-4-7(6-16)5-15-11/h1-5,16H,6H2. The average Bonchev–Trinajstić information content (AvgIpc) is 2.36. The Morgan fingerprint density at radius 2 is 2.00 bits per heavy atom. The molecule has 88 valence electrons. The molecule has 0 amide bonds. The Balaban J connectivity index is 2.22. The molecule has 0 atom stereocenters. The van der Waals surface area contributed by atoms with Gasteiger partial charge in [-0.15, -0.1) is 0 Å². The molecule has 0 bridgehead atoms. The molecule has 6 heteroatoms. The predicted octanol–water partition coefficient (Wildman–Crippen LogP) is 2.55. The van der Waals surface area contributed by atoms with Crippen molar-refractivity contribution in [3.63, 3.8) is 0 Å². The van der Waals surface area contributed by atoms with Crippen molar-refractivity contribution < 1.29 is 14.2 Å². The van der Waals surface area contributed by atoms with Crippen LogP contribution in [0, 0.1) is 5.82 Å². The lowest BCUT2D eigenvalue weighted by Crippen LogP contribution is -1.95. The van der Waals surface area contributed by atoms with E-state index in [0.29, 0.717) is 5.56 Å². The zero-order chi connectivity index (χ0) is 12.3. The Labute approximate surface area is 102 Å². The van der Waals surface area contributed by atoms with E-state index in [9.17, 15) is 4.39 Å². The van der Waals surface area contributed by atoms with Crippen LogP contribution in [0.3, 0.4) is 0 Å². The lowest BCUT2D eigenvalue weighted by atomic mass is 10.3. The van der Waals surface area contributed by atoms with Crippen LogP contribution in [0.1, 0.15) is 5.56 Å². The number of benzene rings is 1. The fourth-order valence-corrected chi connectivity index (χ4v) is 1.30. The number of nitrogens with zero attached hydrogens (tertiary/aromatic N) is 2. The van der Waals surface area contributed by atoms with Crippen LogP contribution in [0.25, 0.3) is 0 Å². The first-order valence-electron chi connectivity index (χ1n) is 4.74. The van der Waals surface area contributed by atoms with Gasteiger partial charge in [-0.25, -0.2) is 14.4 Å². The van der Waals surface area contributed by atoms with Crippen LogP contribution in [0.2, 0.25) is 5.02 Å².